The van der Waals surface area contributed by atoms with E-state index in [2.05, 4.69) is 12.2 Å². The molecule has 4 heteroatoms. The molecule has 0 aliphatic carbocycles. The summed E-state index contributed by atoms with van der Waals surface area (Å²) in [6.07, 6.45) is 1.87. The predicted molar refractivity (Wildman–Crippen MR) is 93.2 cm³/mol. The first kappa shape index (κ1) is 16.5. The second-order valence-electron chi connectivity index (χ2n) is 5.92. The number of fused-ring (bicyclic) bond motifs is 1. The molecule has 0 bridgehead atoms. The fourth-order valence-corrected chi connectivity index (χ4v) is 2.80. The molecule has 24 heavy (non-hydrogen) atoms. The van der Waals surface area contributed by atoms with Crippen LogP contribution in [0.1, 0.15) is 40.4 Å². The molecular weight excluding hydrogens is 302 g/mol. The van der Waals surface area contributed by atoms with E-state index in [1.165, 1.54) is 0 Å². The maximum atomic E-state index is 12.4. The summed E-state index contributed by atoms with van der Waals surface area (Å²) in [5, 5.41) is 3.00. The van der Waals surface area contributed by atoms with Crippen LogP contribution in [0.5, 0.6) is 5.75 Å². The van der Waals surface area contributed by atoms with Crippen molar-refractivity contribution < 1.29 is 14.3 Å². The first-order chi connectivity index (χ1) is 11.8. The lowest BCUT2D eigenvalue weighted by molar-refractivity contribution is 0.0949. The molecule has 0 saturated heterocycles. The van der Waals surface area contributed by atoms with Crippen LogP contribution in [-0.2, 0) is 24.3 Å². The second kappa shape index (κ2) is 7.97. The molecule has 0 saturated carbocycles. The Balaban J connectivity index is 1.62. The van der Waals surface area contributed by atoms with Crippen molar-refractivity contribution in [3.05, 3.63) is 64.7 Å². The van der Waals surface area contributed by atoms with Gasteiger partial charge in [0.05, 0.1) is 13.2 Å². The highest BCUT2D eigenvalue weighted by molar-refractivity contribution is 5.94. The monoisotopic (exact) mass is 325 g/mol. The summed E-state index contributed by atoms with van der Waals surface area (Å²) < 4.78 is 11.1. The third-order valence-corrected chi connectivity index (χ3v) is 4.12. The molecular formula is C20H23NO3. The Morgan fingerprint density at radius 2 is 2.04 bits per heavy atom. The Labute approximate surface area is 142 Å². The van der Waals surface area contributed by atoms with Crippen molar-refractivity contribution >= 4 is 5.91 Å². The first-order valence-corrected chi connectivity index (χ1v) is 8.46. The largest absolute Gasteiger partial charge is 0.493 e. The molecule has 3 rings (SSSR count). The summed E-state index contributed by atoms with van der Waals surface area (Å²) in [6, 6.07) is 13.7. The number of carbonyl (C=O) groups excluding carboxylic acids is 1. The van der Waals surface area contributed by atoms with Gasteiger partial charge in [0, 0.05) is 25.1 Å². The van der Waals surface area contributed by atoms with Gasteiger partial charge in [-0.2, -0.15) is 0 Å². The molecule has 0 atom stereocenters. The van der Waals surface area contributed by atoms with Crippen molar-refractivity contribution in [2.45, 2.75) is 32.9 Å². The number of carbonyl (C=O) groups is 1. The van der Waals surface area contributed by atoms with E-state index in [0.29, 0.717) is 25.3 Å². The zero-order chi connectivity index (χ0) is 16.8. The third-order valence-electron chi connectivity index (χ3n) is 4.12. The average molecular weight is 325 g/mol. The van der Waals surface area contributed by atoms with Gasteiger partial charge in [-0.1, -0.05) is 31.2 Å². The summed E-state index contributed by atoms with van der Waals surface area (Å²) in [7, 11) is 0. The van der Waals surface area contributed by atoms with E-state index in [9.17, 15) is 4.79 Å². The molecule has 0 fully saturated rings. The van der Waals surface area contributed by atoms with Crippen LogP contribution in [0.3, 0.4) is 0 Å². The summed E-state index contributed by atoms with van der Waals surface area (Å²) in [5.41, 5.74) is 4.00. The van der Waals surface area contributed by atoms with Gasteiger partial charge >= 0.3 is 0 Å². The van der Waals surface area contributed by atoms with Gasteiger partial charge in [-0.05, 0) is 41.3 Å². The lowest BCUT2D eigenvalue weighted by Crippen LogP contribution is -2.23. The molecule has 4 nitrogen and oxygen atoms in total. The second-order valence-corrected chi connectivity index (χ2v) is 5.92. The van der Waals surface area contributed by atoms with Crippen LogP contribution >= 0.6 is 0 Å². The van der Waals surface area contributed by atoms with Gasteiger partial charge in [0.2, 0.25) is 0 Å². The maximum absolute atomic E-state index is 12.4. The Hall–Kier alpha value is -2.33. The Kier molecular flexibility index (Phi) is 5.49. The smallest absolute Gasteiger partial charge is 0.251 e. The number of amides is 1. The molecule has 126 valence electrons. The van der Waals surface area contributed by atoms with Gasteiger partial charge in [-0.25, -0.2) is 0 Å². The molecule has 1 amide bonds. The van der Waals surface area contributed by atoms with Crippen LogP contribution < -0.4 is 10.1 Å². The van der Waals surface area contributed by atoms with Gasteiger partial charge in [-0.15, -0.1) is 0 Å². The van der Waals surface area contributed by atoms with Crippen molar-refractivity contribution in [3.63, 3.8) is 0 Å². The zero-order valence-electron chi connectivity index (χ0n) is 14.0. The number of rotatable bonds is 7. The number of hydrogen-bond acceptors (Lipinski definition) is 3. The van der Waals surface area contributed by atoms with E-state index in [0.717, 1.165) is 41.9 Å². The molecule has 1 aliphatic rings. The number of hydrogen-bond donors (Lipinski definition) is 1. The first-order valence-electron chi connectivity index (χ1n) is 8.46. The molecule has 0 unspecified atom stereocenters. The topological polar surface area (TPSA) is 47.6 Å². The summed E-state index contributed by atoms with van der Waals surface area (Å²) in [4.78, 5) is 12.4. The molecule has 0 aromatic heterocycles. The van der Waals surface area contributed by atoms with Crippen LogP contribution in [0.15, 0.2) is 42.5 Å². The van der Waals surface area contributed by atoms with Crippen LogP contribution in [0.4, 0.5) is 0 Å². The summed E-state index contributed by atoms with van der Waals surface area (Å²) in [6.45, 7) is 4.62. The minimum atomic E-state index is -0.0611. The van der Waals surface area contributed by atoms with Crippen molar-refractivity contribution in [3.8, 4) is 5.75 Å². The highest BCUT2D eigenvalue weighted by Crippen LogP contribution is 2.25. The Morgan fingerprint density at radius 1 is 1.21 bits per heavy atom. The van der Waals surface area contributed by atoms with E-state index in [-0.39, 0.29) is 5.91 Å². The lowest BCUT2D eigenvalue weighted by atomic mass is 10.1. The van der Waals surface area contributed by atoms with Gasteiger partial charge in [0.15, 0.2) is 0 Å². The van der Waals surface area contributed by atoms with Crippen LogP contribution in [0.25, 0.3) is 0 Å². The third kappa shape index (κ3) is 3.95. The zero-order valence-corrected chi connectivity index (χ0v) is 14.0. The minimum Gasteiger partial charge on any atom is -0.493 e. The Bertz CT molecular complexity index is 712. The van der Waals surface area contributed by atoms with Crippen molar-refractivity contribution in [2.75, 3.05) is 13.2 Å². The fraction of sp³-hybridized carbons (Fsp3) is 0.350. The van der Waals surface area contributed by atoms with Gasteiger partial charge in [0.1, 0.15) is 5.75 Å². The molecule has 1 N–H and O–H groups in total. The fourth-order valence-electron chi connectivity index (χ4n) is 2.80. The maximum Gasteiger partial charge on any atom is 0.251 e. The van der Waals surface area contributed by atoms with E-state index in [4.69, 9.17) is 9.47 Å². The number of ether oxygens (including phenoxy) is 2. The van der Waals surface area contributed by atoms with Crippen LogP contribution in [0.2, 0.25) is 0 Å². The molecule has 0 spiro atoms. The summed E-state index contributed by atoms with van der Waals surface area (Å²) >= 11 is 0. The molecule has 2 aromatic carbocycles. The van der Waals surface area contributed by atoms with Crippen LogP contribution in [0, 0.1) is 0 Å². The lowest BCUT2D eigenvalue weighted by Gasteiger charge is -2.11. The number of nitrogens with one attached hydrogen (secondary N) is 1. The van der Waals surface area contributed by atoms with Gasteiger partial charge < -0.3 is 14.8 Å². The SMILES string of the molecule is CCCOCc1ccccc1CNC(=O)c1ccc2c(c1)CCO2. The molecule has 2 aromatic rings. The van der Waals surface area contributed by atoms with E-state index < -0.39 is 0 Å². The highest BCUT2D eigenvalue weighted by atomic mass is 16.5. The molecule has 0 radical (unpaired) electrons. The minimum absolute atomic E-state index is 0.0611. The predicted octanol–water partition coefficient (Wildman–Crippen LogP) is 3.48. The van der Waals surface area contributed by atoms with E-state index in [1.54, 1.807) is 0 Å². The normalized spacial score (nSPS) is 12.5. The van der Waals surface area contributed by atoms with Gasteiger partial charge in [-0.3, -0.25) is 4.79 Å². The average Bonchev–Trinajstić information content (AvgIpc) is 3.08. The number of benzene rings is 2. The molecule has 1 heterocycles. The van der Waals surface area contributed by atoms with E-state index >= 15 is 0 Å². The standard InChI is InChI=1S/C20H23NO3/c1-2-10-23-14-18-6-4-3-5-17(18)13-21-20(22)16-7-8-19-15(12-16)9-11-24-19/h3-8,12H,2,9-11,13-14H2,1H3,(H,21,22). The Morgan fingerprint density at radius 3 is 2.88 bits per heavy atom. The van der Waals surface area contributed by atoms with Crippen molar-refractivity contribution in [1.82, 2.24) is 5.32 Å². The van der Waals surface area contributed by atoms with Crippen molar-refractivity contribution in [1.29, 1.82) is 0 Å². The van der Waals surface area contributed by atoms with Gasteiger partial charge in [0.25, 0.3) is 5.91 Å². The highest BCUT2D eigenvalue weighted by Gasteiger charge is 2.15. The summed E-state index contributed by atoms with van der Waals surface area (Å²) in [5.74, 6) is 0.832. The van der Waals surface area contributed by atoms with E-state index in [1.807, 2.05) is 42.5 Å². The quantitative estimate of drug-likeness (QED) is 0.793. The van der Waals surface area contributed by atoms with Crippen LogP contribution in [-0.4, -0.2) is 19.1 Å². The van der Waals surface area contributed by atoms with Crippen molar-refractivity contribution in [2.24, 2.45) is 0 Å². The molecule has 1 aliphatic heterocycles.